The van der Waals surface area contributed by atoms with E-state index in [1.807, 2.05) is 31.7 Å². The van der Waals surface area contributed by atoms with E-state index >= 15 is 0 Å². The third kappa shape index (κ3) is 6.65. The van der Waals surface area contributed by atoms with Crippen LogP contribution in [0.25, 0.3) is 0 Å². The minimum atomic E-state index is -1.62. The molecule has 2 atom stereocenters. The van der Waals surface area contributed by atoms with E-state index in [4.69, 9.17) is 0 Å². The Kier molecular flexibility index (Phi) is 7.78. The van der Waals surface area contributed by atoms with Gasteiger partial charge in [-0.1, -0.05) is 87.2 Å². The van der Waals surface area contributed by atoms with Crippen molar-refractivity contribution in [1.29, 1.82) is 0 Å². The Morgan fingerprint density at radius 3 is 1.96 bits per heavy atom. The van der Waals surface area contributed by atoms with Crippen LogP contribution in [-0.2, 0) is 0 Å². The van der Waals surface area contributed by atoms with Crippen LogP contribution in [-0.4, -0.2) is 23.2 Å². The largest absolute Gasteiger partial charge is 0.386 e. The summed E-state index contributed by atoms with van der Waals surface area (Å²) < 4.78 is 0.0252. The Labute approximate surface area is 177 Å². The normalized spacial score (nSPS) is 16.1. The van der Waals surface area contributed by atoms with E-state index in [9.17, 15) is 5.11 Å². The smallest absolute Gasteiger partial charge is 0.0772 e. The number of thioether (sulfide) groups is 1. The quantitative estimate of drug-likeness (QED) is 0.265. The summed E-state index contributed by atoms with van der Waals surface area (Å²) in [5, 5.41) is 10.4. The van der Waals surface area contributed by atoms with E-state index in [1.165, 1.54) is 10.5 Å². The van der Waals surface area contributed by atoms with Gasteiger partial charge in [0.25, 0.3) is 0 Å². The van der Waals surface area contributed by atoms with Crippen LogP contribution in [0.3, 0.4) is 0 Å². The molecule has 152 valence electrons. The van der Waals surface area contributed by atoms with Crippen LogP contribution in [0.4, 0.5) is 0 Å². The molecule has 0 radical (unpaired) electrons. The van der Waals surface area contributed by atoms with Crippen LogP contribution in [0.5, 0.6) is 0 Å². The number of hydrogen-bond acceptors (Lipinski definition) is 2. The summed E-state index contributed by atoms with van der Waals surface area (Å²) in [6.07, 6.45) is 6.57. The van der Waals surface area contributed by atoms with Gasteiger partial charge < -0.3 is 5.11 Å². The standard InChI is InChI=1S/C25H36OSSi/c1-21(22-13-9-7-10-14-22)17-18-25(28(4,5)6,20-19-24(2,3)26)27-23-15-11-8-12-16-23/h7-16,19-21,26H,17-18H2,1-6H3/b20-19+. The topological polar surface area (TPSA) is 20.2 Å². The van der Waals surface area contributed by atoms with E-state index < -0.39 is 13.7 Å². The van der Waals surface area contributed by atoms with Crippen LogP contribution in [0.2, 0.25) is 19.6 Å². The maximum atomic E-state index is 10.4. The fourth-order valence-electron chi connectivity index (χ4n) is 3.36. The van der Waals surface area contributed by atoms with Gasteiger partial charge in [-0.2, -0.15) is 0 Å². The van der Waals surface area contributed by atoms with Crippen molar-refractivity contribution in [3.8, 4) is 0 Å². The molecule has 2 unspecified atom stereocenters. The van der Waals surface area contributed by atoms with Gasteiger partial charge in [-0.25, -0.2) is 0 Å². The van der Waals surface area contributed by atoms with Crippen molar-refractivity contribution in [1.82, 2.24) is 0 Å². The summed E-state index contributed by atoms with van der Waals surface area (Å²) in [5.74, 6) is 0.517. The summed E-state index contributed by atoms with van der Waals surface area (Å²) in [6, 6.07) is 21.5. The lowest BCUT2D eigenvalue weighted by Gasteiger charge is -2.42. The second-order valence-electron chi connectivity index (χ2n) is 9.39. The first-order valence-electron chi connectivity index (χ1n) is 10.2. The first kappa shape index (κ1) is 23.0. The van der Waals surface area contributed by atoms with Gasteiger partial charge in [-0.15, -0.1) is 11.8 Å². The van der Waals surface area contributed by atoms with Crippen molar-refractivity contribution >= 4 is 19.8 Å². The lowest BCUT2D eigenvalue weighted by molar-refractivity contribution is 0.132. The molecule has 0 amide bonds. The predicted octanol–water partition coefficient (Wildman–Crippen LogP) is 7.31. The fraction of sp³-hybridized carbons (Fsp3) is 0.440. The molecule has 2 aromatic carbocycles. The van der Waals surface area contributed by atoms with Gasteiger partial charge in [0, 0.05) is 9.27 Å². The zero-order valence-corrected chi connectivity index (χ0v) is 20.1. The zero-order valence-electron chi connectivity index (χ0n) is 18.3. The Bertz CT molecular complexity index is 744. The monoisotopic (exact) mass is 412 g/mol. The zero-order chi connectivity index (χ0) is 20.8. The van der Waals surface area contributed by atoms with Crippen molar-refractivity contribution in [2.24, 2.45) is 0 Å². The molecule has 0 saturated carbocycles. The van der Waals surface area contributed by atoms with E-state index in [0.29, 0.717) is 5.92 Å². The molecule has 2 rings (SSSR count). The maximum Gasteiger partial charge on any atom is 0.0772 e. The highest BCUT2D eigenvalue weighted by molar-refractivity contribution is 8.02. The summed E-state index contributed by atoms with van der Waals surface area (Å²) in [4.78, 5) is 1.30. The van der Waals surface area contributed by atoms with Crippen molar-refractivity contribution in [2.45, 2.75) is 74.0 Å². The van der Waals surface area contributed by atoms with E-state index in [1.54, 1.807) is 0 Å². The molecule has 0 aromatic heterocycles. The average Bonchev–Trinajstić information content (AvgIpc) is 2.63. The molecule has 0 bridgehead atoms. The summed E-state index contributed by atoms with van der Waals surface area (Å²) in [7, 11) is -1.62. The molecule has 2 aromatic rings. The van der Waals surface area contributed by atoms with Gasteiger partial charge in [-0.05, 0) is 50.3 Å². The molecular weight excluding hydrogens is 376 g/mol. The van der Waals surface area contributed by atoms with Crippen LogP contribution < -0.4 is 0 Å². The average molecular weight is 413 g/mol. The molecular formula is C25H36OSSi. The molecule has 3 heteroatoms. The molecule has 1 nitrogen and oxygen atoms in total. The van der Waals surface area contributed by atoms with Gasteiger partial charge in [0.2, 0.25) is 0 Å². The van der Waals surface area contributed by atoms with Crippen LogP contribution in [0.15, 0.2) is 77.7 Å². The van der Waals surface area contributed by atoms with Gasteiger partial charge in [0.05, 0.1) is 13.7 Å². The molecule has 1 N–H and O–H groups in total. The Morgan fingerprint density at radius 2 is 1.46 bits per heavy atom. The third-order valence-electron chi connectivity index (χ3n) is 5.39. The van der Waals surface area contributed by atoms with E-state index in [0.717, 1.165) is 12.8 Å². The maximum absolute atomic E-state index is 10.4. The summed E-state index contributed by atoms with van der Waals surface area (Å²) in [6.45, 7) is 13.4. The molecule has 0 saturated heterocycles. The molecule has 28 heavy (non-hydrogen) atoms. The minimum Gasteiger partial charge on any atom is -0.386 e. The Hall–Kier alpha value is -1.29. The van der Waals surface area contributed by atoms with E-state index in [-0.39, 0.29) is 4.37 Å². The number of rotatable bonds is 9. The number of hydrogen-bond donors (Lipinski definition) is 1. The van der Waals surface area contributed by atoms with Gasteiger partial charge in [0.1, 0.15) is 0 Å². The first-order chi connectivity index (χ1) is 13.0. The minimum absolute atomic E-state index is 0.0252. The molecule has 0 spiro atoms. The molecule has 0 heterocycles. The van der Waals surface area contributed by atoms with Gasteiger partial charge in [0.15, 0.2) is 0 Å². The van der Waals surface area contributed by atoms with Crippen LogP contribution in [0, 0.1) is 0 Å². The van der Waals surface area contributed by atoms with Crippen LogP contribution >= 0.6 is 11.8 Å². The van der Waals surface area contributed by atoms with Crippen molar-refractivity contribution in [3.05, 3.63) is 78.4 Å². The highest BCUT2D eigenvalue weighted by Crippen LogP contribution is 2.46. The van der Waals surface area contributed by atoms with Crippen LogP contribution in [0.1, 0.15) is 45.1 Å². The molecule has 0 aliphatic heterocycles. The summed E-state index contributed by atoms with van der Waals surface area (Å²) >= 11 is 1.98. The van der Waals surface area contributed by atoms with E-state index in [2.05, 4.69) is 93.3 Å². The Morgan fingerprint density at radius 1 is 0.929 bits per heavy atom. The lowest BCUT2D eigenvalue weighted by atomic mass is 9.95. The third-order valence-corrected chi connectivity index (χ3v) is 11.7. The second-order valence-corrected chi connectivity index (χ2v) is 16.6. The Balaban J connectivity index is 2.36. The van der Waals surface area contributed by atoms with Crippen molar-refractivity contribution in [3.63, 3.8) is 0 Å². The second kappa shape index (κ2) is 9.47. The first-order valence-corrected chi connectivity index (χ1v) is 14.6. The predicted molar refractivity (Wildman–Crippen MR) is 128 cm³/mol. The van der Waals surface area contributed by atoms with Gasteiger partial charge in [-0.3, -0.25) is 0 Å². The summed E-state index contributed by atoms with van der Waals surface area (Å²) in [5.41, 5.74) is 0.607. The number of aliphatic hydroxyl groups is 1. The highest BCUT2D eigenvalue weighted by atomic mass is 32.2. The van der Waals surface area contributed by atoms with Crippen molar-refractivity contribution < 1.29 is 5.11 Å². The molecule has 0 aliphatic rings. The van der Waals surface area contributed by atoms with Gasteiger partial charge >= 0.3 is 0 Å². The fourth-order valence-corrected chi connectivity index (χ4v) is 7.49. The lowest BCUT2D eigenvalue weighted by Crippen LogP contribution is -2.48. The molecule has 0 fully saturated rings. The van der Waals surface area contributed by atoms with Crippen molar-refractivity contribution in [2.75, 3.05) is 0 Å². The highest BCUT2D eigenvalue weighted by Gasteiger charge is 2.42. The number of benzene rings is 2. The molecule has 0 aliphatic carbocycles. The SMILES string of the molecule is CC(CCC(/C=C/C(C)(C)O)(Sc1ccccc1)[Si](C)(C)C)c1ccccc1.